The molecule has 1 N–H and O–H groups in total. The number of amides is 1. The average Bonchev–Trinajstić information content (AvgIpc) is 2.94. The van der Waals surface area contributed by atoms with Crippen molar-refractivity contribution < 1.29 is 14.7 Å². The summed E-state index contributed by atoms with van der Waals surface area (Å²) >= 11 is 7.20. The van der Waals surface area contributed by atoms with Crippen LogP contribution in [0.4, 0.5) is 0 Å². The molecule has 2 heterocycles. The Morgan fingerprint density at radius 1 is 1.61 bits per heavy atom. The van der Waals surface area contributed by atoms with Crippen molar-refractivity contribution in [3.63, 3.8) is 0 Å². The summed E-state index contributed by atoms with van der Waals surface area (Å²) in [5.41, 5.74) is -1.07. The number of halogens is 1. The van der Waals surface area contributed by atoms with Crippen LogP contribution in [0.5, 0.6) is 0 Å². The summed E-state index contributed by atoms with van der Waals surface area (Å²) < 4.78 is 0. The van der Waals surface area contributed by atoms with Crippen LogP contribution in [0.2, 0.25) is 5.02 Å². The summed E-state index contributed by atoms with van der Waals surface area (Å²) in [5, 5.41) is 11.6. The number of carboxylic acid groups (broad SMARTS) is 1. The van der Waals surface area contributed by atoms with E-state index in [1.54, 1.807) is 18.4 Å². The van der Waals surface area contributed by atoms with Crippen LogP contribution in [0.15, 0.2) is 11.4 Å². The molecule has 2 rings (SSSR count). The summed E-state index contributed by atoms with van der Waals surface area (Å²) in [6.45, 7) is 2.28. The fraction of sp³-hybridized carbons (Fsp3) is 0.500. The molecule has 0 spiro atoms. The Morgan fingerprint density at radius 3 is 2.83 bits per heavy atom. The number of carboxylic acids is 1. The Balaban J connectivity index is 2.35. The molecule has 1 saturated heterocycles. The van der Waals surface area contributed by atoms with E-state index in [1.165, 1.54) is 16.2 Å². The predicted molar refractivity (Wildman–Crippen MR) is 70.3 cm³/mol. The Bertz CT molecular complexity index is 487. The lowest BCUT2D eigenvalue weighted by atomic mass is 9.93. The number of rotatable bonds is 3. The van der Waals surface area contributed by atoms with Crippen molar-refractivity contribution in [2.45, 2.75) is 31.7 Å². The average molecular weight is 288 g/mol. The van der Waals surface area contributed by atoms with Crippen molar-refractivity contribution in [2.24, 2.45) is 0 Å². The van der Waals surface area contributed by atoms with E-state index in [0.717, 1.165) is 6.42 Å². The van der Waals surface area contributed by atoms with Gasteiger partial charge in [0.15, 0.2) is 0 Å². The molecule has 4 nitrogen and oxygen atoms in total. The Morgan fingerprint density at radius 2 is 2.33 bits per heavy atom. The van der Waals surface area contributed by atoms with E-state index in [9.17, 15) is 14.7 Å². The van der Waals surface area contributed by atoms with Crippen LogP contribution in [0.1, 0.15) is 35.9 Å². The van der Waals surface area contributed by atoms with Crippen molar-refractivity contribution in [3.05, 3.63) is 21.3 Å². The molecule has 1 fully saturated rings. The summed E-state index contributed by atoms with van der Waals surface area (Å²) in [5.74, 6) is -1.19. The second kappa shape index (κ2) is 4.90. The minimum absolute atomic E-state index is 0.267. The standard InChI is InChI=1S/C12H14ClNO3S/c1-2-12(11(16)17)5-3-6-14(12)10(15)9-8(13)4-7-18-9/h4,7H,2-3,5-6H2,1H3,(H,16,17). The maximum Gasteiger partial charge on any atom is 0.329 e. The van der Waals surface area contributed by atoms with Gasteiger partial charge in [-0.2, -0.15) is 0 Å². The van der Waals surface area contributed by atoms with Crippen molar-refractivity contribution in [3.8, 4) is 0 Å². The number of likely N-dealkylation sites (tertiary alicyclic amines) is 1. The lowest BCUT2D eigenvalue weighted by Crippen LogP contribution is -2.52. The molecular weight excluding hydrogens is 274 g/mol. The summed E-state index contributed by atoms with van der Waals surface area (Å²) in [6, 6.07) is 1.66. The maximum atomic E-state index is 12.4. The number of nitrogens with zero attached hydrogens (tertiary/aromatic N) is 1. The van der Waals surface area contributed by atoms with E-state index in [1.807, 2.05) is 0 Å². The van der Waals surface area contributed by atoms with E-state index in [0.29, 0.717) is 29.3 Å². The molecule has 1 aromatic heterocycles. The number of carbonyl (C=O) groups is 2. The molecular formula is C12H14ClNO3S. The van der Waals surface area contributed by atoms with E-state index >= 15 is 0 Å². The second-order valence-corrected chi connectivity index (χ2v) is 5.67. The van der Waals surface area contributed by atoms with Crippen molar-refractivity contribution in [1.29, 1.82) is 0 Å². The third-order valence-electron chi connectivity index (χ3n) is 3.53. The first-order valence-corrected chi connectivity index (χ1v) is 7.07. The van der Waals surface area contributed by atoms with Gasteiger partial charge in [0.1, 0.15) is 10.4 Å². The van der Waals surface area contributed by atoms with E-state index < -0.39 is 11.5 Å². The van der Waals surface area contributed by atoms with Gasteiger partial charge in [0, 0.05) is 6.54 Å². The highest BCUT2D eigenvalue weighted by molar-refractivity contribution is 7.12. The van der Waals surface area contributed by atoms with Gasteiger partial charge >= 0.3 is 5.97 Å². The van der Waals surface area contributed by atoms with Gasteiger partial charge in [-0.3, -0.25) is 4.79 Å². The molecule has 98 valence electrons. The Labute approximate surface area is 114 Å². The molecule has 0 radical (unpaired) electrons. The van der Waals surface area contributed by atoms with E-state index in [2.05, 4.69) is 0 Å². The molecule has 0 aromatic carbocycles. The number of aliphatic carboxylic acids is 1. The summed E-state index contributed by atoms with van der Waals surface area (Å²) in [6.07, 6.45) is 1.64. The predicted octanol–water partition coefficient (Wildman–Crippen LogP) is 2.87. The fourth-order valence-corrected chi connectivity index (χ4v) is 3.57. The SMILES string of the molecule is CCC1(C(=O)O)CCCN1C(=O)c1sccc1Cl. The van der Waals surface area contributed by atoms with Gasteiger partial charge in [-0.1, -0.05) is 18.5 Å². The highest BCUT2D eigenvalue weighted by atomic mass is 35.5. The zero-order valence-electron chi connectivity index (χ0n) is 9.98. The van der Waals surface area contributed by atoms with Crippen molar-refractivity contribution >= 4 is 34.8 Å². The molecule has 1 atom stereocenters. The molecule has 0 aliphatic carbocycles. The summed E-state index contributed by atoms with van der Waals surface area (Å²) in [7, 11) is 0. The van der Waals surface area contributed by atoms with Gasteiger partial charge in [0.2, 0.25) is 0 Å². The Kier molecular flexibility index (Phi) is 3.64. The van der Waals surface area contributed by atoms with Gasteiger partial charge in [0.25, 0.3) is 5.91 Å². The first-order chi connectivity index (χ1) is 8.53. The molecule has 1 amide bonds. The van der Waals surface area contributed by atoms with E-state index in [-0.39, 0.29) is 5.91 Å². The van der Waals surface area contributed by atoms with Crippen LogP contribution in [-0.2, 0) is 4.79 Å². The fourth-order valence-electron chi connectivity index (χ4n) is 2.48. The van der Waals surface area contributed by atoms with Gasteiger partial charge in [-0.15, -0.1) is 11.3 Å². The molecule has 1 unspecified atom stereocenters. The molecule has 1 aliphatic heterocycles. The summed E-state index contributed by atoms with van der Waals surface area (Å²) in [4.78, 5) is 25.8. The van der Waals surface area contributed by atoms with Crippen LogP contribution in [-0.4, -0.2) is 34.0 Å². The van der Waals surface area contributed by atoms with Crippen LogP contribution in [0.25, 0.3) is 0 Å². The van der Waals surface area contributed by atoms with Crippen LogP contribution in [0.3, 0.4) is 0 Å². The van der Waals surface area contributed by atoms with Gasteiger partial charge in [-0.25, -0.2) is 4.79 Å². The van der Waals surface area contributed by atoms with Crippen molar-refractivity contribution in [2.75, 3.05) is 6.54 Å². The third kappa shape index (κ3) is 1.91. The number of hydrogen-bond donors (Lipinski definition) is 1. The largest absolute Gasteiger partial charge is 0.479 e. The van der Waals surface area contributed by atoms with Crippen LogP contribution < -0.4 is 0 Å². The van der Waals surface area contributed by atoms with Gasteiger partial charge < -0.3 is 10.0 Å². The minimum Gasteiger partial charge on any atom is -0.479 e. The van der Waals surface area contributed by atoms with Gasteiger partial charge in [-0.05, 0) is 30.7 Å². The molecule has 1 aromatic rings. The van der Waals surface area contributed by atoms with Gasteiger partial charge in [0.05, 0.1) is 5.02 Å². The smallest absolute Gasteiger partial charge is 0.329 e. The molecule has 6 heteroatoms. The lowest BCUT2D eigenvalue weighted by Gasteiger charge is -2.33. The van der Waals surface area contributed by atoms with E-state index in [4.69, 9.17) is 11.6 Å². The van der Waals surface area contributed by atoms with Crippen LogP contribution >= 0.6 is 22.9 Å². The number of hydrogen-bond acceptors (Lipinski definition) is 3. The Hall–Kier alpha value is -1.07. The third-order valence-corrected chi connectivity index (χ3v) is 4.86. The zero-order valence-corrected chi connectivity index (χ0v) is 11.6. The molecule has 0 saturated carbocycles. The molecule has 18 heavy (non-hydrogen) atoms. The maximum absolute atomic E-state index is 12.4. The quantitative estimate of drug-likeness (QED) is 0.930. The lowest BCUT2D eigenvalue weighted by molar-refractivity contribution is -0.148. The first kappa shape index (κ1) is 13.4. The topological polar surface area (TPSA) is 57.6 Å². The second-order valence-electron chi connectivity index (χ2n) is 4.35. The highest BCUT2D eigenvalue weighted by Gasteiger charge is 2.49. The monoisotopic (exact) mass is 287 g/mol. The number of carbonyl (C=O) groups excluding carboxylic acids is 1. The minimum atomic E-state index is -1.07. The molecule has 0 bridgehead atoms. The molecule has 1 aliphatic rings. The van der Waals surface area contributed by atoms with Crippen LogP contribution in [0, 0.1) is 0 Å². The zero-order chi connectivity index (χ0) is 13.3. The van der Waals surface area contributed by atoms with Crippen molar-refractivity contribution in [1.82, 2.24) is 4.90 Å². The normalized spacial score (nSPS) is 23.3. The first-order valence-electron chi connectivity index (χ1n) is 5.81. The number of thiophene rings is 1. The highest BCUT2D eigenvalue weighted by Crippen LogP contribution is 2.36.